The maximum Gasteiger partial charge on any atom is 0.150 e. The summed E-state index contributed by atoms with van der Waals surface area (Å²) in [5, 5.41) is 11.8. The van der Waals surface area contributed by atoms with Crippen LogP contribution >= 0.6 is 0 Å². The van der Waals surface area contributed by atoms with Crippen LogP contribution < -0.4 is 5.32 Å². The van der Waals surface area contributed by atoms with Crippen molar-refractivity contribution in [1.82, 2.24) is 20.1 Å². The van der Waals surface area contributed by atoms with Gasteiger partial charge in [0.1, 0.15) is 11.6 Å². The van der Waals surface area contributed by atoms with Gasteiger partial charge in [-0.25, -0.2) is 0 Å². The van der Waals surface area contributed by atoms with Gasteiger partial charge in [-0.05, 0) is 26.3 Å². The highest BCUT2D eigenvalue weighted by Gasteiger charge is 2.20. The molecule has 0 radical (unpaired) electrons. The van der Waals surface area contributed by atoms with Crippen LogP contribution in [0.5, 0.6) is 0 Å². The van der Waals surface area contributed by atoms with E-state index in [9.17, 15) is 0 Å². The quantitative estimate of drug-likeness (QED) is 0.788. The highest BCUT2D eigenvalue weighted by Crippen LogP contribution is 2.20. The van der Waals surface area contributed by atoms with E-state index < -0.39 is 0 Å². The zero-order valence-corrected chi connectivity index (χ0v) is 8.95. The van der Waals surface area contributed by atoms with Gasteiger partial charge in [0.25, 0.3) is 0 Å². The zero-order chi connectivity index (χ0) is 9.97. The van der Waals surface area contributed by atoms with Crippen LogP contribution in [0.15, 0.2) is 0 Å². The summed E-state index contributed by atoms with van der Waals surface area (Å²) in [6.45, 7) is 3.27. The number of fused-ring (bicyclic) bond motifs is 1. The lowest BCUT2D eigenvalue weighted by molar-refractivity contribution is 0.461. The Hall–Kier alpha value is -0.900. The van der Waals surface area contributed by atoms with Gasteiger partial charge in [0.05, 0.1) is 6.04 Å². The highest BCUT2D eigenvalue weighted by molar-refractivity contribution is 5.03. The van der Waals surface area contributed by atoms with Gasteiger partial charge in [0.2, 0.25) is 0 Å². The lowest BCUT2D eigenvalue weighted by atomic mass is 10.1. The number of hydrogen-bond donors (Lipinski definition) is 1. The lowest BCUT2D eigenvalue weighted by Crippen LogP contribution is -2.22. The van der Waals surface area contributed by atoms with Crippen LogP contribution in [0.3, 0.4) is 0 Å². The molecule has 1 aliphatic heterocycles. The van der Waals surface area contributed by atoms with Gasteiger partial charge < -0.3 is 9.88 Å². The Morgan fingerprint density at radius 2 is 2.29 bits per heavy atom. The smallest absolute Gasteiger partial charge is 0.150 e. The summed E-state index contributed by atoms with van der Waals surface area (Å²) in [7, 11) is 1.98. The minimum atomic E-state index is 0.356. The van der Waals surface area contributed by atoms with Crippen LogP contribution in [0.1, 0.15) is 43.9 Å². The second-order valence-electron chi connectivity index (χ2n) is 3.83. The summed E-state index contributed by atoms with van der Waals surface area (Å²) in [4.78, 5) is 0. The van der Waals surface area contributed by atoms with Crippen LogP contribution in [0, 0.1) is 0 Å². The van der Waals surface area contributed by atoms with E-state index in [1.165, 1.54) is 18.7 Å². The van der Waals surface area contributed by atoms with E-state index in [0.717, 1.165) is 25.2 Å². The standard InChI is InChI=1S/C10H18N4/c1-3-8(11-2)10-13-12-9-6-4-5-7-14(9)10/h8,11H,3-7H2,1-2H3. The first-order valence-corrected chi connectivity index (χ1v) is 5.46. The summed E-state index contributed by atoms with van der Waals surface area (Å²) in [5.41, 5.74) is 0. The molecule has 4 nitrogen and oxygen atoms in total. The molecule has 1 atom stereocenters. The number of rotatable bonds is 3. The molecule has 1 N–H and O–H groups in total. The molecule has 1 aromatic heterocycles. The SMILES string of the molecule is CCC(NC)c1nnc2n1CCCC2. The molecule has 1 aromatic rings. The molecule has 14 heavy (non-hydrogen) atoms. The minimum Gasteiger partial charge on any atom is -0.314 e. The molecular formula is C10H18N4. The predicted octanol–water partition coefficient (Wildman–Crippen LogP) is 1.28. The van der Waals surface area contributed by atoms with E-state index in [0.29, 0.717) is 6.04 Å². The predicted molar refractivity (Wildman–Crippen MR) is 55.1 cm³/mol. The third-order valence-corrected chi connectivity index (χ3v) is 2.96. The summed E-state index contributed by atoms with van der Waals surface area (Å²) in [5.74, 6) is 2.28. The first-order chi connectivity index (χ1) is 6.86. The van der Waals surface area contributed by atoms with Crippen LogP contribution in [-0.4, -0.2) is 21.8 Å². The van der Waals surface area contributed by atoms with Gasteiger partial charge in [-0.1, -0.05) is 6.92 Å². The fraction of sp³-hybridized carbons (Fsp3) is 0.800. The molecule has 0 aromatic carbocycles. The van der Waals surface area contributed by atoms with Crippen molar-refractivity contribution < 1.29 is 0 Å². The average molecular weight is 194 g/mol. The van der Waals surface area contributed by atoms with Gasteiger partial charge in [0, 0.05) is 13.0 Å². The van der Waals surface area contributed by atoms with Crippen LogP contribution in [0.4, 0.5) is 0 Å². The van der Waals surface area contributed by atoms with Crippen LogP contribution in [0.25, 0.3) is 0 Å². The Balaban J connectivity index is 2.29. The second kappa shape index (κ2) is 4.09. The lowest BCUT2D eigenvalue weighted by Gasteiger charge is -2.18. The molecule has 0 fully saturated rings. The number of nitrogens with zero attached hydrogens (tertiary/aromatic N) is 3. The first kappa shape index (κ1) is 9.65. The molecule has 78 valence electrons. The Labute approximate surface area is 84.7 Å². The molecule has 0 spiro atoms. The molecule has 1 unspecified atom stereocenters. The maximum absolute atomic E-state index is 4.29. The molecule has 0 saturated heterocycles. The Morgan fingerprint density at radius 3 is 3.00 bits per heavy atom. The molecule has 2 heterocycles. The van der Waals surface area contributed by atoms with E-state index in [1.54, 1.807) is 0 Å². The molecule has 0 bridgehead atoms. The van der Waals surface area contributed by atoms with Crippen LogP contribution in [-0.2, 0) is 13.0 Å². The van der Waals surface area contributed by atoms with Gasteiger partial charge in [-0.2, -0.15) is 0 Å². The summed E-state index contributed by atoms with van der Waals surface area (Å²) >= 11 is 0. The molecule has 0 aliphatic carbocycles. The zero-order valence-electron chi connectivity index (χ0n) is 8.95. The van der Waals surface area contributed by atoms with Crippen molar-refractivity contribution in [2.75, 3.05) is 7.05 Å². The van der Waals surface area contributed by atoms with Crippen molar-refractivity contribution in [1.29, 1.82) is 0 Å². The molecule has 0 saturated carbocycles. The van der Waals surface area contributed by atoms with Crippen molar-refractivity contribution in [3.63, 3.8) is 0 Å². The van der Waals surface area contributed by atoms with Crippen molar-refractivity contribution >= 4 is 0 Å². The van der Waals surface area contributed by atoms with E-state index in [-0.39, 0.29) is 0 Å². The fourth-order valence-electron chi connectivity index (χ4n) is 2.10. The number of aryl methyl sites for hydroxylation is 1. The van der Waals surface area contributed by atoms with Crippen molar-refractivity contribution in [3.05, 3.63) is 11.6 Å². The Morgan fingerprint density at radius 1 is 1.43 bits per heavy atom. The summed E-state index contributed by atoms with van der Waals surface area (Å²) in [6, 6.07) is 0.356. The highest BCUT2D eigenvalue weighted by atomic mass is 15.3. The van der Waals surface area contributed by atoms with E-state index in [1.807, 2.05) is 7.05 Å². The molecule has 2 rings (SSSR count). The molecule has 0 amide bonds. The fourth-order valence-corrected chi connectivity index (χ4v) is 2.10. The molecular weight excluding hydrogens is 176 g/mol. The van der Waals surface area contributed by atoms with E-state index >= 15 is 0 Å². The van der Waals surface area contributed by atoms with Gasteiger partial charge in [-0.15, -0.1) is 10.2 Å². The van der Waals surface area contributed by atoms with Crippen LogP contribution in [0.2, 0.25) is 0 Å². The normalized spacial score (nSPS) is 17.9. The van der Waals surface area contributed by atoms with E-state index in [4.69, 9.17) is 0 Å². The van der Waals surface area contributed by atoms with Crippen molar-refractivity contribution in [2.45, 2.75) is 45.2 Å². The van der Waals surface area contributed by atoms with Crippen molar-refractivity contribution in [3.8, 4) is 0 Å². The minimum absolute atomic E-state index is 0.356. The summed E-state index contributed by atoms with van der Waals surface area (Å²) < 4.78 is 2.29. The van der Waals surface area contributed by atoms with Crippen molar-refractivity contribution in [2.24, 2.45) is 0 Å². The average Bonchev–Trinajstić information content (AvgIpc) is 2.65. The molecule has 4 heteroatoms. The number of nitrogens with one attached hydrogen (secondary N) is 1. The second-order valence-corrected chi connectivity index (χ2v) is 3.83. The van der Waals surface area contributed by atoms with E-state index in [2.05, 4.69) is 27.0 Å². The summed E-state index contributed by atoms with van der Waals surface area (Å²) in [6.07, 6.45) is 4.68. The Bertz CT molecular complexity index is 301. The van der Waals surface area contributed by atoms with Gasteiger partial charge >= 0.3 is 0 Å². The van der Waals surface area contributed by atoms with Gasteiger partial charge in [-0.3, -0.25) is 0 Å². The third-order valence-electron chi connectivity index (χ3n) is 2.96. The topological polar surface area (TPSA) is 42.7 Å². The Kier molecular flexibility index (Phi) is 2.82. The first-order valence-electron chi connectivity index (χ1n) is 5.46. The maximum atomic E-state index is 4.29. The molecule has 1 aliphatic rings. The number of aromatic nitrogens is 3. The largest absolute Gasteiger partial charge is 0.314 e. The monoisotopic (exact) mass is 194 g/mol. The number of hydrogen-bond acceptors (Lipinski definition) is 3. The van der Waals surface area contributed by atoms with Gasteiger partial charge in [0.15, 0.2) is 0 Å². The third kappa shape index (κ3) is 1.54.